The van der Waals surface area contributed by atoms with Gasteiger partial charge in [-0.2, -0.15) is 8.42 Å². The zero-order chi connectivity index (χ0) is 10.5. The summed E-state index contributed by atoms with van der Waals surface area (Å²) in [5.41, 5.74) is 0. The molecule has 0 amide bonds. The molecule has 80 valence electrons. The summed E-state index contributed by atoms with van der Waals surface area (Å²) in [5.74, 6) is -1.12. The quantitative estimate of drug-likeness (QED) is 0.268. The molecule has 0 aliphatic heterocycles. The second kappa shape index (κ2) is 6.82. The first kappa shape index (κ1) is 16.8. The topological polar surface area (TPSA) is 101 Å². The van der Waals surface area contributed by atoms with E-state index in [1.165, 1.54) is 6.92 Å². The molecule has 0 aliphatic carbocycles. The van der Waals surface area contributed by atoms with Gasteiger partial charge in [-0.05, 0) is 13.3 Å². The van der Waals surface area contributed by atoms with Gasteiger partial charge in [0.25, 0.3) is 10.1 Å². The van der Waals surface area contributed by atoms with E-state index in [1.807, 2.05) is 0 Å². The van der Waals surface area contributed by atoms with Gasteiger partial charge in [0.2, 0.25) is 0 Å². The monoisotopic (exact) mass is 238 g/mol. The molecule has 0 unspecified atom stereocenters. The molecular formula is C5H11LiO6S2. The minimum absolute atomic E-state index is 0. The molecular weight excluding hydrogens is 227 g/mol. The van der Waals surface area contributed by atoms with Gasteiger partial charge in [-0.15, -0.1) is 0 Å². The van der Waals surface area contributed by atoms with Crippen LogP contribution >= 0.6 is 0 Å². The second-order valence-electron chi connectivity index (χ2n) is 2.28. The maximum atomic E-state index is 10.8. The van der Waals surface area contributed by atoms with Gasteiger partial charge in [0.05, 0.1) is 22.5 Å². The molecule has 0 aliphatic rings. The molecule has 0 spiro atoms. The Hall–Kier alpha value is 0.417. The van der Waals surface area contributed by atoms with Crippen LogP contribution in [-0.4, -0.2) is 39.5 Å². The van der Waals surface area contributed by atoms with Crippen molar-refractivity contribution < 1.29 is 44.4 Å². The van der Waals surface area contributed by atoms with Crippen LogP contribution in [0, 0.1) is 0 Å². The van der Waals surface area contributed by atoms with E-state index in [2.05, 4.69) is 4.18 Å². The Morgan fingerprint density at radius 1 is 1.14 bits per heavy atom. The molecule has 0 saturated carbocycles. The fraction of sp³-hybridized carbons (Fsp3) is 1.00. The molecule has 0 fully saturated rings. The molecule has 0 aromatic heterocycles. The van der Waals surface area contributed by atoms with Crippen LogP contribution < -0.4 is 18.9 Å². The molecule has 0 aromatic carbocycles. The van der Waals surface area contributed by atoms with Crippen LogP contribution in [0.5, 0.6) is 0 Å². The van der Waals surface area contributed by atoms with E-state index in [9.17, 15) is 21.4 Å². The van der Waals surface area contributed by atoms with Crippen LogP contribution in [0.3, 0.4) is 0 Å². The Morgan fingerprint density at radius 3 is 2.00 bits per heavy atom. The molecule has 0 saturated heterocycles. The molecule has 9 heteroatoms. The molecule has 14 heavy (non-hydrogen) atoms. The Labute approximate surface area is 96.1 Å². The predicted molar refractivity (Wildman–Crippen MR) is 44.6 cm³/mol. The van der Waals surface area contributed by atoms with Gasteiger partial charge in [0.15, 0.2) is 0 Å². The standard InChI is InChI=1S/C5H12O6S2.Li/c1-2-11-13(9,10)5-3-4-12(6,7)8;/h2-5H2,1H3,(H,6,7,8);/q;+1/p-1. The molecule has 0 N–H and O–H groups in total. The maximum absolute atomic E-state index is 10.8. The normalized spacial score (nSPS) is 12.1. The SMILES string of the molecule is CCOS(=O)(=O)CCCS(=O)(=O)[O-].[Li+]. The van der Waals surface area contributed by atoms with E-state index in [-0.39, 0.29) is 31.9 Å². The van der Waals surface area contributed by atoms with Crippen molar-refractivity contribution in [2.45, 2.75) is 13.3 Å². The molecule has 6 nitrogen and oxygen atoms in total. The largest absolute Gasteiger partial charge is 1.00 e. The minimum atomic E-state index is -4.33. The molecule has 0 radical (unpaired) electrons. The predicted octanol–water partition coefficient (Wildman–Crippen LogP) is -3.71. The molecule has 0 atom stereocenters. The van der Waals surface area contributed by atoms with Gasteiger partial charge in [-0.3, -0.25) is 4.18 Å². The van der Waals surface area contributed by atoms with Crippen LogP contribution in [-0.2, 0) is 24.4 Å². The van der Waals surface area contributed by atoms with Crippen LogP contribution in [0.2, 0.25) is 0 Å². The van der Waals surface area contributed by atoms with Gasteiger partial charge < -0.3 is 4.55 Å². The summed E-state index contributed by atoms with van der Waals surface area (Å²) in [4.78, 5) is 0. The summed E-state index contributed by atoms with van der Waals surface area (Å²) in [6, 6.07) is 0. The van der Waals surface area contributed by atoms with Gasteiger partial charge in [0.1, 0.15) is 0 Å². The van der Waals surface area contributed by atoms with Crippen LogP contribution in [0.4, 0.5) is 0 Å². The first-order valence-electron chi connectivity index (χ1n) is 3.57. The number of hydrogen-bond acceptors (Lipinski definition) is 6. The maximum Gasteiger partial charge on any atom is 1.00 e. The fourth-order valence-electron chi connectivity index (χ4n) is 0.651. The van der Waals surface area contributed by atoms with Gasteiger partial charge in [0, 0.05) is 5.75 Å². The molecule has 0 aromatic rings. The van der Waals surface area contributed by atoms with E-state index in [4.69, 9.17) is 0 Å². The van der Waals surface area contributed by atoms with Gasteiger partial charge >= 0.3 is 18.9 Å². The summed E-state index contributed by atoms with van der Waals surface area (Å²) in [6.45, 7) is 1.51. The average molecular weight is 238 g/mol. The van der Waals surface area contributed by atoms with E-state index in [0.717, 1.165) is 0 Å². The van der Waals surface area contributed by atoms with Crippen LogP contribution in [0.15, 0.2) is 0 Å². The van der Waals surface area contributed by atoms with Crippen molar-refractivity contribution in [1.82, 2.24) is 0 Å². The van der Waals surface area contributed by atoms with E-state index < -0.39 is 31.7 Å². The summed E-state index contributed by atoms with van der Waals surface area (Å²) in [5, 5.41) is 0. The summed E-state index contributed by atoms with van der Waals surface area (Å²) < 4.78 is 56.2. The van der Waals surface area contributed by atoms with E-state index >= 15 is 0 Å². The van der Waals surface area contributed by atoms with Crippen molar-refractivity contribution in [1.29, 1.82) is 0 Å². The third-order valence-corrected chi connectivity index (χ3v) is 3.26. The zero-order valence-electron chi connectivity index (χ0n) is 8.09. The van der Waals surface area contributed by atoms with Crippen molar-refractivity contribution in [3.8, 4) is 0 Å². The van der Waals surface area contributed by atoms with Crippen molar-refractivity contribution >= 4 is 20.2 Å². The Bertz CT molecular complexity index is 331. The van der Waals surface area contributed by atoms with Crippen LogP contribution in [0.25, 0.3) is 0 Å². The third-order valence-electron chi connectivity index (χ3n) is 1.09. The zero-order valence-corrected chi connectivity index (χ0v) is 9.73. The van der Waals surface area contributed by atoms with Crippen molar-refractivity contribution in [2.24, 2.45) is 0 Å². The minimum Gasteiger partial charge on any atom is -0.748 e. The fourth-order valence-corrected chi connectivity index (χ4v) is 2.31. The van der Waals surface area contributed by atoms with E-state index in [1.54, 1.807) is 0 Å². The Kier molecular flexibility index (Phi) is 8.20. The molecule has 0 bridgehead atoms. The average Bonchev–Trinajstić information content (AvgIpc) is 1.82. The van der Waals surface area contributed by atoms with Gasteiger partial charge in [-0.25, -0.2) is 8.42 Å². The van der Waals surface area contributed by atoms with Gasteiger partial charge in [-0.1, -0.05) is 0 Å². The summed E-state index contributed by atoms with van der Waals surface area (Å²) >= 11 is 0. The summed E-state index contributed by atoms with van der Waals surface area (Å²) in [6.07, 6.45) is -0.228. The first-order chi connectivity index (χ1) is 5.77. The van der Waals surface area contributed by atoms with Crippen LogP contribution in [0.1, 0.15) is 13.3 Å². The van der Waals surface area contributed by atoms with Crippen molar-refractivity contribution in [3.05, 3.63) is 0 Å². The molecule has 0 rings (SSSR count). The smallest absolute Gasteiger partial charge is 0.748 e. The Morgan fingerprint density at radius 2 is 1.64 bits per heavy atom. The Balaban J connectivity index is 0. The molecule has 0 heterocycles. The number of hydrogen-bond donors (Lipinski definition) is 0. The number of rotatable bonds is 6. The summed E-state index contributed by atoms with van der Waals surface area (Å²) in [7, 11) is -7.99. The first-order valence-corrected chi connectivity index (χ1v) is 6.73. The third kappa shape index (κ3) is 10.5. The second-order valence-corrected chi connectivity index (χ2v) is 5.57. The van der Waals surface area contributed by atoms with Crippen molar-refractivity contribution in [2.75, 3.05) is 18.1 Å². The van der Waals surface area contributed by atoms with Crippen molar-refractivity contribution in [3.63, 3.8) is 0 Å². The van der Waals surface area contributed by atoms with E-state index in [0.29, 0.717) is 0 Å².